The molecule has 3 aromatic rings. The van der Waals surface area contributed by atoms with Gasteiger partial charge in [0.15, 0.2) is 4.75 Å². The second-order valence-corrected chi connectivity index (χ2v) is 9.17. The molecule has 0 aliphatic heterocycles. The topological polar surface area (TPSA) is 94.8 Å². The molecule has 0 amide bonds. The molecule has 0 radical (unpaired) electrons. The third kappa shape index (κ3) is 3.44. The Labute approximate surface area is 186 Å². The van der Waals surface area contributed by atoms with E-state index in [9.17, 15) is 23.2 Å². The van der Waals surface area contributed by atoms with Crippen molar-refractivity contribution < 1.29 is 23.2 Å². The van der Waals surface area contributed by atoms with Crippen LogP contribution in [-0.2, 0) is 14.9 Å². The molecule has 0 saturated carbocycles. The summed E-state index contributed by atoms with van der Waals surface area (Å²) in [7, 11) is -5.16. The molecular weight excluding hydrogens is 482 g/mol. The van der Waals surface area contributed by atoms with E-state index >= 15 is 0 Å². The molecule has 1 unspecified atom stereocenters. The minimum absolute atomic E-state index is 0.0602. The number of para-hydroxylation sites is 1. The first-order valence-corrected chi connectivity index (χ1v) is 10.9. The van der Waals surface area contributed by atoms with Gasteiger partial charge in [-0.15, -0.1) is 0 Å². The van der Waals surface area contributed by atoms with Crippen LogP contribution in [0.2, 0.25) is 20.1 Å². The van der Waals surface area contributed by atoms with Crippen LogP contribution in [0.1, 0.15) is 16.7 Å². The molecule has 0 aromatic heterocycles. The van der Waals surface area contributed by atoms with Crippen molar-refractivity contribution in [2.24, 2.45) is 0 Å². The van der Waals surface area contributed by atoms with E-state index in [0.29, 0.717) is 0 Å². The summed E-state index contributed by atoms with van der Waals surface area (Å²) in [6.45, 7) is 0. The fourth-order valence-electron chi connectivity index (χ4n) is 3.22. The van der Waals surface area contributed by atoms with E-state index < -0.39 is 37.0 Å². The van der Waals surface area contributed by atoms with Gasteiger partial charge in [0, 0.05) is 21.7 Å². The van der Waals surface area contributed by atoms with E-state index in [4.69, 9.17) is 46.4 Å². The minimum Gasteiger partial charge on any atom is -0.508 e. The maximum absolute atomic E-state index is 13.0. The Morgan fingerprint density at radius 3 is 1.83 bits per heavy atom. The molecule has 10 heteroatoms. The molecule has 5 nitrogen and oxygen atoms in total. The lowest BCUT2D eigenvalue weighted by atomic mass is 9.83. The zero-order valence-corrected chi connectivity index (χ0v) is 18.1. The third-order valence-electron chi connectivity index (χ3n) is 4.44. The molecule has 1 atom stereocenters. The molecular formula is C19H12Cl4O5S. The highest BCUT2D eigenvalue weighted by Crippen LogP contribution is 2.54. The predicted octanol–water partition coefficient (Wildman–Crippen LogP) is 5.89. The van der Waals surface area contributed by atoms with Crippen LogP contribution >= 0.6 is 46.4 Å². The zero-order chi connectivity index (χ0) is 21.6. The van der Waals surface area contributed by atoms with Crippen molar-refractivity contribution >= 4 is 56.5 Å². The zero-order valence-electron chi connectivity index (χ0n) is 14.3. The number of rotatable bonds is 4. The summed E-state index contributed by atoms with van der Waals surface area (Å²) in [5.74, 6) is -1.23. The molecule has 152 valence electrons. The molecule has 0 bridgehead atoms. The lowest BCUT2D eigenvalue weighted by Gasteiger charge is -2.34. The largest absolute Gasteiger partial charge is 0.508 e. The van der Waals surface area contributed by atoms with E-state index in [1.54, 1.807) is 6.07 Å². The van der Waals surface area contributed by atoms with Crippen molar-refractivity contribution in [3.05, 3.63) is 91.4 Å². The van der Waals surface area contributed by atoms with E-state index in [0.717, 1.165) is 6.07 Å². The fourth-order valence-corrected chi connectivity index (χ4v) is 5.50. The summed E-state index contributed by atoms with van der Waals surface area (Å²) in [4.78, 5) is 0. The first-order chi connectivity index (χ1) is 13.5. The highest BCUT2D eigenvalue weighted by Gasteiger charge is 2.53. The highest BCUT2D eigenvalue weighted by atomic mass is 35.5. The van der Waals surface area contributed by atoms with Gasteiger partial charge >= 0.3 is 0 Å². The summed E-state index contributed by atoms with van der Waals surface area (Å²) >= 11 is 24.4. The standard InChI is InChI=1S/C19H12Cl4O5S/c20-13-7-3-1-5-10(13)19(29(26,27)28,11-6-2-4-8-15(11)24)12-9-14(21)16(22)17(23)18(12)25/h1-9,24-25H,(H,26,27,28). The van der Waals surface area contributed by atoms with Crippen LogP contribution in [0.15, 0.2) is 54.6 Å². The Balaban J connectivity index is 2.67. The maximum Gasteiger partial charge on any atom is 0.283 e. The van der Waals surface area contributed by atoms with Crippen LogP contribution in [-0.4, -0.2) is 23.2 Å². The van der Waals surface area contributed by atoms with E-state index in [-0.39, 0.29) is 26.2 Å². The Hall–Kier alpha value is -1.67. The van der Waals surface area contributed by atoms with Crippen molar-refractivity contribution in [3.63, 3.8) is 0 Å². The molecule has 0 aliphatic carbocycles. The average molecular weight is 494 g/mol. The normalized spacial score (nSPS) is 13.8. The van der Waals surface area contributed by atoms with Crippen LogP contribution in [0.3, 0.4) is 0 Å². The predicted molar refractivity (Wildman–Crippen MR) is 114 cm³/mol. The Bertz CT molecular complexity index is 1170. The number of benzene rings is 3. The van der Waals surface area contributed by atoms with Crippen molar-refractivity contribution in [3.8, 4) is 11.5 Å². The number of aromatic hydroxyl groups is 2. The average Bonchev–Trinajstić information content (AvgIpc) is 2.66. The van der Waals surface area contributed by atoms with Gasteiger partial charge in [0.1, 0.15) is 16.5 Å². The van der Waals surface area contributed by atoms with Crippen LogP contribution in [0, 0.1) is 0 Å². The van der Waals surface area contributed by atoms with Gasteiger partial charge in [0.25, 0.3) is 10.1 Å². The molecule has 3 aromatic carbocycles. The van der Waals surface area contributed by atoms with Gasteiger partial charge in [-0.3, -0.25) is 4.55 Å². The van der Waals surface area contributed by atoms with Crippen LogP contribution in [0.5, 0.6) is 11.5 Å². The van der Waals surface area contributed by atoms with Gasteiger partial charge in [0.2, 0.25) is 0 Å². The van der Waals surface area contributed by atoms with Crippen LogP contribution in [0.25, 0.3) is 0 Å². The van der Waals surface area contributed by atoms with Gasteiger partial charge in [0.05, 0.1) is 10.0 Å². The van der Waals surface area contributed by atoms with Gasteiger partial charge in [-0.2, -0.15) is 8.42 Å². The molecule has 0 spiro atoms. The number of halogens is 4. The lowest BCUT2D eigenvalue weighted by molar-refractivity contribution is 0.428. The fraction of sp³-hybridized carbons (Fsp3) is 0.0526. The third-order valence-corrected chi connectivity index (χ3v) is 7.45. The van der Waals surface area contributed by atoms with E-state index in [1.165, 1.54) is 42.5 Å². The molecule has 29 heavy (non-hydrogen) atoms. The number of phenolic OH excluding ortho intramolecular Hbond substituents is 2. The summed E-state index contributed by atoms with van der Waals surface area (Å²) in [5.41, 5.74) is -0.857. The summed E-state index contributed by atoms with van der Waals surface area (Å²) in [6.07, 6.45) is 0. The Morgan fingerprint density at radius 2 is 1.28 bits per heavy atom. The summed E-state index contributed by atoms with van der Waals surface area (Å²) < 4.78 is 33.9. The second-order valence-electron chi connectivity index (χ2n) is 6.04. The smallest absolute Gasteiger partial charge is 0.283 e. The highest BCUT2D eigenvalue weighted by molar-refractivity contribution is 7.87. The maximum atomic E-state index is 13.0. The van der Waals surface area contributed by atoms with Crippen LogP contribution < -0.4 is 0 Å². The van der Waals surface area contributed by atoms with Gasteiger partial charge < -0.3 is 10.2 Å². The summed E-state index contributed by atoms with van der Waals surface area (Å²) in [5, 5.41) is 20.4. The van der Waals surface area contributed by atoms with Crippen molar-refractivity contribution in [2.45, 2.75) is 4.75 Å². The number of phenols is 2. The molecule has 0 saturated heterocycles. The quantitative estimate of drug-likeness (QED) is 0.239. The van der Waals surface area contributed by atoms with Crippen molar-refractivity contribution in [1.82, 2.24) is 0 Å². The molecule has 3 rings (SSSR count). The van der Waals surface area contributed by atoms with E-state index in [2.05, 4.69) is 0 Å². The number of hydrogen-bond acceptors (Lipinski definition) is 4. The van der Waals surface area contributed by atoms with Gasteiger partial charge in [-0.1, -0.05) is 82.8 Å². The molecule has 0 heterocycles. The summed E-state index contributed by atoms with van der Waals surface area (Å²) in [6, 6.07) is 12.2. The minimum atomic E-state index is -5.16. The number of hydrogen-bond donors (Lipinski definition) is 3. The first-order valence-electron chi connectivity index (χ1n) is 7.91. The van der Waals surface area contributed by atoms with Crippen LogP contribution in [0.4, 0.5) is 0 Å². The molecule has 3 N–H and O–H groups in total. The second kappa shape index (κ2) is 7.87. The van der Waals surface area contributed by atoms with Gasteiger partial charge in [-0.05, 0) is 18.2 Å². The monoisotopic (exact) mass is 492 g/mol. The Kier molecular flexibility index (Phi) is 5.98. The lowest BCUT2D eigenvalue weighted by Crippen LogP contribution is -2.38. The molecule has 0 aliphatic rings. The van der Waals surface area contributed by atoms with Crippen molar-refractivity contribution in [1.29, 1.82) is 0 Å². The first kappa shape index (κ1) is 22.0. The Morgan fingerprint density at radius 1 is 0.724 bits per heavy atom. The van der Waals surface area contributed by atoms with Crippen molar-refractivity contribution in [2.75, 3.05) is 0 Å². The molecule has 0 fully saturated rings. The van der Waals surface area contributed by atoms with Gasteiger partial charge in [-0.25, -0.2) is 0 Å². The SMILES string of the molecule is O=S(=O)(O)C(c1ccccc1O)(c1ccccc1Cl)c1cc(Cl)c(Cl)c(Cl)c1O. The van der Waals surface area contributed by atoms with E-state index in [1.807, 2.05) is 0 Å².